The van der Waals surface area contributed by atoms with Gasteiger partial charge in [0.1, 0.15) is 0 Å². The van der Waals surface area contributed by atoms with Gasteiger partial charge in [-0.05, 0) is 6.42 Å². The number of methoxy groups -OCH3 is 1. The van der Waals surface area contributed by atoms with Gasteiger partial charge in [-0.2, -0.15) is 0 Å². The summed E-state index contributed by atoms with van der Waals surface area (Å²) in [5, 5.41) is 0. The van der Waals surface area contributed by atoms with Gasteiger partial charge in [0.15, 0.2) is 0 Å². The average molecular weight is 253 g/mol. The van der Waals surface area contributed by atoms with E-state index in [-0.39, 0.29) is 0 Å². The maximum Gasteiger partial charge on any atom is 0.500 e. The molecule has 16 heavy (non-hydrogen) atoms. The van der Waals surface area contributed by atoms with Gasteiger partial charge in [0, 0.05) is 41.0 Å². The molecule has 0 unspecified atom stereocenters. The minimum atomic E-state index is -2.41. The highest BCUT2D eigenvalue weighted by atomic mass is 28.4. The highest BCUT2D eigenvalue weighted by Crippen LogP contribution is 2.14. The van der Waals surface area contributed by atoms with Gasteiger partial charge in [-0.3, -0.25) is 4.84 Å². The third-order valence-corrected chi connectivity index (χ3v) is 5.02. The van der Waals surface area contributed by atoms with Crippen molar-refractivity contribution in [3.8, 4) is 0 Å². The van der Waals surface area contributed by atoms with E-state index in [1.54, 1.807) is 28.4 Å². The van der Waals surface area contributed by atoms with Gasteiger partial charge in [0.2, 0.25) is 0 Å². The third kappa shape index (κ3) is 6.54. The Morgan fingerprint density at radius 1 is 0.938 bits per heavy atom. The second-order valence-corrected chi connectivity index (χ2v) is 6.23. The molecule has 0 fully saturated rings. The van der Waals surface area contributed by atoms with Gasteiger partial charge in [-0.1, -0.05) is 0 Å². The first-order chi connectivity index (χ1) is 7.74. The topological polar surface area (TPSA) is 58.2 Å². The lowest BCUT2D eigenvalue weighted by Crippen LogP contribution is -2.43. The molecular formula is C9H23NO5Si. The molecule has 0 atom stereocenters. The van der Waals surface area contributed by atoms with Crippen LogP contribution in [0.3, 0.4) is 0 Å². The molecule has 0 rings (SSSR count). The second kappa shape index (κ2) is 10.2. The van der Waals surface area contributed by atoms with Gasteiger partial charge in [-0.25, -0.2) is 5.48 Å². The van der Waals surface area contributed by atoms with E-state index in [1.807, 2.05) is 0 Å². The van der Waals surface area contributed by atoms with E-state index >= 15 is 0 Å². The average Bonchev–Trinajstić information content (AvgIpc) is 2.34. The van der Waals surface area contributed by atoms with Crippen LogP contribution in [0.15, 0.2) is 0 Å². The molecule has 0 aromatic heterocycles. The first-order valence-electron chi connectivity index (χ1n) is 5.23. The molecule has 0 spiro atoms. The van der Waals surface area contributed by atoms with Crippen molar-refractivity contribution in [1.82, 2.24) is 5.48 Å². The zero-order valence-electron chi connectivity index (χ0n) is 10.6. The Bertz CT molecular complexity index is 149. The Hall–Kier alpha value is -0.0231. The van der Waals surface area contributed by atoms with Crippen molar-refractivity contribution in [2.24, 2.45) is 0 Å². The predicted octanol–water partition coefficient (Wildman–Crippen LogP) is 0.422. The molecule has 6 nitrogen and oxygen atoms in total. The van der Waals surface area contributed by atoms with E-state index in [9.17, 15) is 0 Å². The fraction of sp³-hybridized carbons (Fsp3) is 1.00. The SMILES string of the molecule is COCCONCCC[Si](OC)(OC)OC. The van der Waals surface area contributed by atoms with Crippen molar-refractivity contribution in [1.29, 1.82) is 0 Å². The van der Waals surface area contributed by atoms with Crippen molar-refractivity contribution < 1.29 is 22.9 Å². The Kier molecular flexibility index (Phi) is 10.1. The van der Waals surface area contributed by atoms with Crippen molar-refractivity contribution in [3.05, 3.63) is 0 Å². The molecule has 0 radical (unpaired) electrons. The van der Waals surface area contributed by atoms with Crippen LogP contribution in [0.5, 0.6) is 0 Å². The Morgan fingerprint density at radius 3 is 2.06 bits per heavy atom. The van der Waals surface area contributed by atoms with Crippen LogP contribution in [0.25, 0.3) is 0 Å². The van der Waals surface area contributed by atoms with Crippen LogP contribution >= 0.6 is 0 Å². The van der Waals surface area contributed by atoms with Crippen LogP contribution in [0.2, 0.25) is 6.04 Å². The summed E-state index contributed by atoms with van der Waals surface area (Å²) in [7, 11) is 4.06. The smallest absolute Gasteiger partial charge is 0.382 e. The fourth-order valence-corrected chi connectivity index (χ4v) is 2.92. The summed E-state index contributed by atoms with van der Waals surface area (Å²) >= 11 is 0. The van der Waals surface area contributed by atoms with Gasteiger partial charge in [-0.15, -0.1) is 0 Å². The van der Waals surface area contributed by atoms with Gasteiger partial charge < -0.3 is 18.0 Å². The van der Waals surface area contributed by atoms with Crippen LogP contribution in [-0.2, 0) is 22.9 Å². The largest absolute Gasteiger partial charge is 0.500 e. The molecule has 0 aromatic rings. The summed E-state index contributed by atoms with van der Waals surface area (Å²) in [6.45, 7) is 1.85. The number of hydroxylamine groups is 1. The lowest BCUT2D eigenvalue weighted by molar-refractivity contribution is 0.00655. The number of hydrogen-bond donors (Lipinski definition) is 1. The van der Waals surface area contributed by atoms with Crippen molar-refractivity contribution in [3.63, 3.8) is 0 Å². The van der Waals surface area contributed by atoms with E-state index in [1.165, 1.54) is 0 Å². The minimum absolute atomic E-state index is 0.540. The van der Waals surface area contributed by atoms with E-state index in [0.717, 1.165) is 19.0 Å². The van der Waals surface area contributed by atoms with Crippen LogP contribution in [0.4, 0.5) is 0 Å². The normalized spacial score (nSPS) is 12.0. The molecule has 7 heteroatoms. The number of hydrogen-bond acceptors (Lipinski definition) is 6. The summed E-state index contributed by atoms with van der Waals surface area (Å²) in [4.78, 5) is 5.11. The molecule has 0 saturated heterocycles. The van der Waals surface area contributed by atoms with Crippen LogP contribution in [0, 0.1) is 0 Å². The molecule has 0 aliphatic rings. The molecule has 0 heterocycles. The first kappa shape index (κ1) is 16.0. The highest BCUT2D eigenvalue weighted by molar-refractivity contribution is 6.60. The monoisotopic (exact) mass is 253 g/mol. The van der Waals surface area contributed by atoms with E-state index in [4.69, 9.17) is 22.9 Å². The standard InChI is InChI=1S/C9H23NO5Si/c1-11-7-8-15-10-6-5-9-16(12-2,13-3)14-4/h10H,5-9H2,1-4H3. The van der Waals surface area contributed by atoms with Crippen molar-refractivity contribution in [2.45, 2.75) is 12.5 Å². The van der Waals surface area contributed by atoms with E-state index in [0.29, 0.717) is 13.2 Å². The molecule has 0 amide bonds. The lowest BCUT2D eigenvalue weighted by Gasteiger charge is -2.24. The molecule has 1 N–H and O–H groups in total. The summed E-state index contributed by atoms with van der Waals surface area (Å²) in [6, 6.07) is 0.761. The zero-order valence-corrected chi connectivity index (χ0v) is 11.6. The minimum Gasteiger partial charge on any atom is -0.382 e. The summed E-state index contributed by atoms with van der Waals surface area (Å²) in [6.07, 6.45) is 0.870. The molecule has 0 aliphatic heterocycles. The van der Waals surface area contributed by atoms with Crippen molar-refractivity contribution in [2.75, 3.05) is 48.2 Å². The van der Waals surface area contributed by atoms with Crippen LogP contribution < -0.4 is 5.48 Å². The zero-order chi connectivity index (χ0) is 12.3. The first-order valence-corrected chi connectivity index (χ1v) is 7.17. The summed E-state index contributed by atoms with van der Waals surface area (Å²) in [5.74, 6) is 0. The third-order valence-electron chi connectivity index (χ3n) is 2.19. The van der Waals surface area contributed by atoms with Crippen LogP contribution in [-0.4, -0.2) is 57.0 Å². The predicted molar refractivity (Wildman–Crippen MR) is 62.0 cm³/mol. The van der Waals surface area contributed by atoms with Gasteiger partial charge in [0.25, 0.3) is 0 Å². The number of rotatable bonds is 11. The van der Waals surface area contributed by atoms with Gasteiger partial charge in [0.05, 0.1) is 13.2 Å². The second-order valence-electron chi connectivity index (χ2n) is 3.13. The maximum atomic E-state index is 5.29. The highest BCUT2D eigenvalue weighted by Gasteiger charge is 2.36. The summed E-state index contributed by atoms with van der Waals surface area (Å²) in [5.41, 5.74) is 2.84. The van der Waals surface area contributed by atoms with Gasteiger partial charge >= 0.3 is 8.80 Å². The number of nitrogens with one attached hydrogen (secondary N) is 1. The quantitative estimate of drug-likeness (QED) is 0.327. The Morgan fingerprint density at radius 2 is 1.56 bits per heavy atom. The van der Waals surface area contributed by atoms with E-state index < -0.39 is 8.80 Å². The lowest BCUT2D eigenvalue weighted by atomic mass is 10.5. The maximum absolute atomic E-state index is 5.29. The van der Waals surface area contributed by atoms with Crippen LogP contribution in [0.1, 0.15) is 6.42 Å². The molecule has 0 aromatic carbocycles. The Balaban J connectivity index is 3.48. The summed E-state index contributed by atoms with van der Waals surface area (Å²) < 4.78 is 20.7. The molecular weight excluding hydrogens is 230 g/mol. The number of ether oxygens (including phenoxy) is 1. The van der Waals surface area contributed by atoms with E-state index in [2.05, 4.69) is 5.48 Å². The Labute approximate surface area is 98.5 Å². The fourth-order valence-electron chi connectivity index (χ4n) is 1.20. The molecule has 98 valence electrons. The molecule has 0 bridgehead atoms. The molecule has 0 aliphatic carbocycles. The molecule has 0 saturated carbocycles. The van der Waals surface area contributed by atoms with Crippen molar-refractivity contribution >= 4 is 8.80 Å².